The van der Waals surface area contributed by atoms with E-state index in [9.17, 15) is 0 Å². The Bertz CT molecular complexity index is 209. The molecule has 0 amide bonds. The van der Waals surface area contributed by atoms with E-state index in [1.165, 1.54) is 13.0 Å². The largest absolute Gasteiger partial charge is 0.329 e. The summed E-state index contributed by atoms with van der Waals surface area (Å²) in [4.78, 5) is 2.36. The molecule has 14 heavy (non-hydrogen) atoms. The van der Waals surface area contributed by atoms with Crippen molar-refractivity contribution in [2.75, 3.05) is 33.2 Å². The van der Waals surface area contributed by atoms with Crippen molar-refractivity contribution >= 4 is 0 Å². The third-order valence-electron chi connectivity index (χ3n) is 3.12. The number of hydrogen-bond acceptors (Lipinski definition) is 3. The highest BCUT2D eigenvalue weighted by Gasteiger charge is 2.29. The van der Waals surface area contributed by atoms with Crippen molar-refractivity contribution in [3.05, 3.63) is 0 Å². The summed E-state index contributed by atoms with van der Waals surface area (Å²) in [5.74, 6) is 2.63. The number of hydrogen-bond donors (Lipinski definition) is 2. The second-order valence-corrected chi connectivity index (χ2v) is 4.20. The fourth-order valence-electron chi connectivity index (χ4n) is 2.02. The average molecular weight is 195 g/mol. The van der Waals surface area contributed by atoms with Crippen LogP contribution in [0.3, 0.4) is 0 Å². The summed E-state index contributed by atoms with van der Waals surface area (Å²) in [5.41, 5.74) is 5.92. The number of nitrogens with one attached hydrogen (secondary N) is 1. The smallest absolute Gasteiger partial charge is 0.0578 e. The Labute approximate surface area is 87.0 Å². The van der Waals surface area contributed by atoms with Gasteiger partial charge in [0, 0.05) is 12.1 Å². The van der Waals surface area contributed by atoms with Crippen molar-refractivity contribution < 1.29 is 0 Å². The molecule has 80 valence electrons. The molecule has 1 unspecified atom stereocenters. The lowest BCUT2D eigenvalue weighted by Gasteiger charge is -2.32. The second kappa shape index (κ2) is 5.35. The van der Waals surface area contributed by atoms with Gasteiger partial charge in [-0.25, -0.2) is 0 Å². The third kappa shape index (κ3) is 2.98. The molecule has 3 nitrogen and oxygen atoms in total. The van der Waals surface area contributed by atoms with E-state index in [2.05, 4.69) is 23.2 Å². The number of rotatable bonds is 3. The number of terminal acetylenes is 1. The topological polar surface area (TPSA) is 41.3 Å². The first-order valence-corrected chi connectivity index (χ1v) is 5.29. The van der Waals surface area contributed by atoms with Gasteiger partial charge in [0.1, 0.15) is 0 Å². The molecular formula is C11H21N3. The molecule has 0 radical (unpaired) electrons. The minimum Gasteiger partial charge on any atom is -0.329 e. The van der Waals surface area contributed by atoms with Crippen LogP contribution in [-0.2, 0) is 0 Å². The van der Waals surface area contributed by atoms with E-state index in [1.54, 1.807) is 0 Å². The van der Waals surface area contributed by atoms with Crippen molar-refractivity contribution in [1.82, 2.24) is 10.2 Å². The molecule has 0 saturated carbocycles. The van der Waals surface area contributed by atoms with E-state index in [0.29, 0.717) is 13.1 Å². The maximum Gasteiger partial charge on any atom is 0.0578 e. The molecule has 0 aliphatic carbocycles. The van der Waals surface area contributed by atoms with Crippen molar-refractivity contribution in [1.29, 1.82) is 0 Å². The summed E-state index contributed by atoms with van der Waals surface area (Å²) in [6.45, 7) is 3.58. The quantitative estimate of drug-likeness (QED) is 0.624. The van der Waals surface area contributed by atoms with Crippen LogP contribution in [0.15, 0.2) is 0 Å². The van der Waals surface area contributed by atoms with E-state index >= 15 is 0 Å². The molecule has 1 rings (SSSR count). The van der Waals surface area contributed by atoms with Gasteiger partial charge >= 0.3 is 0 Å². The van der Waals surface area contributed by atoms with E-state index < -0.39 is 0 Å². The summed E-state index contributed by atoms with van der Waals surface area (Å²) in [6.07, 6.45) is 8.69. The monoisotopic (exact) mass is 195 g/mol. The lowest BCUT2D eigenvalue weighted by molar-refractivity contribution is 0.292. The van der Waals surface area contributed by atoms with Gasteiger partial charge in [-0.3, -0.25) is 5.32 Å². The van der Waals surface area contributed by atoms with Gasteiger partial charge in [0.15, 0.2) is 0 Å². The van der Waals surface area contributed by atoms with Crippen LogP contribution >= 0.6 is 0 Å². The van der Waals surface area contributed by atoms with E-state index in [1.807, 2.05) is 0 Å². The molecule has 0 aromatic carbocycles. The number of likely N-dealkylation sites (tertiary alicyclic amines) is 1. The normalized spacial score (nSPS) is 29.5. The zero-order valence-electron chi connectivity index (χ0n) is 9.05. The summed E-state index contributed by atoms with van der Waals surface area (Å²) in [6, 6.07) is 0. The Morgan fingerprint density at radius 3 is 2.93 bits per heavy atom. The van der Waals surface area contributed by atoms with E-state index in [0.717, 1.165) is 19.4 Å². The Balaban J connectivity index is 2.54. The predicted octanol–water partition coefficient (Wildman–Crippen LogP) is 0.0224. The first kappa shape index (κ1) is 11.5. The fraction of sp³-hybridized carbons (Fsp3) is 0.818. The Hall–Kier alpha value is -0.560. The second-order valence-electron chi connectivity index (χ2n) is 4.20. The van der Waals surface area contributed by atoms with E-state index in [-0.39, 0.29) is 5.54 Å². The molecule has 3 heteroatoms. The van der Waals surface area contributed by atoms with Crippen molar-refractivity contribution in [2.24, 2.45) is 5.73 Å². The summed E-state index contributed by atoms with van der Waals surface area (Å²) >= 11 is 0. The molecular weight excluding hydrogens is 174 g/mol. The summed E-state index contributed by atoms with van der Waals surface area (Å²) in [5, 5.41) is 3.41. The molecule has 0 aromatic heterocycles. The molecule has 0 spiro atoms. The minimum atomic E-state index is 0.0805. The van der Waals surface area contributed by atoms with Crippen LogP contribution in [-0.4, -0.2) is 43.7 Å². The first-order valence-electron chi connectivity index (χ1n) is 5.29. The lowest BCUT2D eigenvalue weighted by atomic mass is 9.90. The van der Waals surface area contributed by atoms with Gasteiger partial charge in [0.25, 0.3) is 0 Å². The lowest BCUT2D eigenvalue weighted by Crippen LogP contribution is -2.51. The minimum absolute atomic E-state index is 0.0805. The van der Waals surface area contributed by atoms with Crippen LogP contribution in [0.25, 0.3) is 0 Å². The number of nitrogens with zero attached hydrogens (tertiary/aromatic N) is 1. The number of nitrogens with two attached hydrogens (primary N) is 1. The van der Waals surface area contributed by atoms with Crippen LogP contribution in [0.2, 0.25) is 0 Å². The summed E-state index contributed by atoms with van der Waals surface area (Å²) < 4.78 is 0. The molecule has 1 aliphatic rings. The van der Waals surface area contributed by atoms with Crippen molar-refractivity contribution in [3.8, 4) is 12.3 Å². The van der Waals surface area contributed by atoms with Gasteiger partial charge in [0.2, 0.25) is 0 Å². The zero-order valence-corrected chi connectivity index (χ0v) is 9.05. The zero-order chi connectivity index (χ0) is 10.4. The molecule has 1 fully saturated rings. The highest BCUT2D eigenvalue weighted by Crippen LogP contribution is 2.20. The predicted molar refractivity (Wildman–Crippen MR) is 60.0 cm³/mol. The maximum atomic E-state index is 5.84. The van der Waals surface area contributed by atoms with Gasteiger partial charge in [-0.05, 0) is 39.4 Å². The molecule has 1 aliphatic heterocycles. The standard InChI is InChI=1S/C11H21N3/c1-3-7-13-11(10-12)5-4-8-14(2)9-6-11/h1,13H,4-10,12H2,2H3. The van der Waals surface area contributed by atoms with Crippen molar-refractivity contribution in [2.45, 2.75) is 24.8 Å². The Kier molecular flexibility index (Phi) is 4.40. The van der Waals surface area contributed by atoms with Crippen LogP contribution in [0.5, 0.6) is 0 Å². The molecule has 3 N–H and O–H groups in total. The van der Waals surface area contributed by atoms with Gasteiger partial charge in [-0.1, -0.05) is 5.92 Å². The van der Waals surface area contributed by atoms with Gasteiger partial charge in [0.05, 0.1) is 6.54 Å². The van der Waals surface area contributed by atoms with Crippen LogP contribution in [0.4, 0.5) is 0 Å². The molecule has 1 atom stereocenters. The Morgan fingerprint density at radius 1 is 1.50 bits per heavy atom. The van der Waals surface area contributed by atoms with Crippen molar-refractivity contribution in [3.63, 3.8) is 0 Å². The molecule has 1 saturated heterocycles. The first-order chi connectivity index (χ1) is 6.72. The SMILES string of the molecule is C#CCNC1(CN)CCCN(C)CC1. The van der Waals surface area contributed by atoms with E-state index in [4.69, 9.17) is 12.2 Å². The third-order valence-corrected chi connectivity index (χ3v) is 3.12. The van der Waals surface area contributed by atoms with Crippen LogP contribution < -0.4 is 11.1 Å². The highest BCUT2D eigenvalue weighted by atomic mass is 15.1. The highest BCUT2D eigenvalue weighted by molar-refractivity contribution is 4.97. The van der Waals surface area contributed by atoms with Gasteiger partial charge in [-0.2, -0.15) is 0 Å². The van der Waals surface area contributed by atoms with Gasteiger partial charge < -0.3 is 10.6 Å². The maximum absolute atomic E-state index is 5.84. The molecule has 1 heterocycles. The van der Waals surface area contributed by atoms with Gasteiger partial charge in [-0.15, -0.1) is 6.42 Å². The Morgan fingerprint density at radius 2 is 2.29 bits per heavy atom. The molecule has 0 bridgehead atoms. The fourth-order valence-corrected chi connectivity index (χ4v) is 2.02. The molecule has 0 aromatic rings. The van der Waals surface area contributed by atoms with Crippen LogP contribution in [0, 0.1) is 12.3 Å². The summed E-state index contributed by atoms with van der Waals surface area (Å²) in [7, 11) is 2.16. The van der Waals surface area contributed by atoms with Crippen LogP contribution in [0.1, 0.15) is 19.3 Å². The average Bonchev–Trinajstić information content (AvgIpc) is 2.39.